The number of hydrogen-bond donors (Lipinski definition) is 1. The third-order valence-electron chi connectivity index (χ3n) is 6.07. The number of pyridine rings is 1. The zero-order valence-corrected chi connectivity index (χ0v) is 21.0. The highest BCUT2D eigenvalue weighted by Crippen LogP contribution is 2.27. The summed E-state index contributed by atoms with van der Waals surface area (Å²) in [4.78, 5) is 30.2. The normalized spacial score (nSPS) is 12.1. The summed E-state index contributed by atoms with van der Waals surface area (Å²) in [7, 11) is 1.57. The van der Waals surface area contributed by atoms with Gasteiger partial charge in [0.2, 0.25) is 0 Å². The van der Waals surface area contributed by atoms with Gasteiger partial charge in [-0.15, -0.1) is 5.10 Å². The molecule has 1 N–H and O–H groups in total. The first-order chi connectivity index (χ1) is 17.9. The van der Waals surface area contributed by atoms with Crippen LogP contribution in [0.5, 0.6) is 5.75 Å². The Bertz CT molecular complexity index is 1420. The van der Waals surface area contributed by atoms with E-state index in [1.54, 1.807) is 32.2 Å². The zero-order valence-electron chi connectivity index (χ0n) is 21.0. The van der Waals surface area contributed by atoms with Crippen LogP contribution in [0.15, 0.2) is 53.3 Å². The number of esters is 1. The number of nitrogens with zero attached hydrogens (tertiary/aromatic N) is 5. The molecule has 0 fully saturated rings. The molecule has 0 unspecified atom stereocenters. The van der Waals surface area contributed by atoms with E-state index in [0.29, 0.717) is 35.6 Å². The quantitative estimate of drug-likeness (QED) is 0.307. The number of tetrazole rings is 1. The molecule has 2 heterocycles. The highest BCUT2D eigenvalue weighted by molar-refractivity contribution is 5.80. The summed E-state index contributed by atoms with van der Waals surface area (Å²) in [5.74, 6) is 0.340. The van der Waals surface area contributed by atoms with Crippen LogP contribution in [0.25, 0.3) is 10.9 Å². The Hall–Kier alpha value is -4.12. The monoisotopic (exact) mass is 508 g/mol. The van der Waals surface area contributed by atoms with Crippen LogP contribution in [0.1, 0.15) is 43.3 Å². The fraction of sp³-hybridized carbons (Fsp3) is 0.346. The van der Waals surface area contributed by atoms with Gasteiger partial charge in [0.25, 0.3) is 5.56 Å². The highest BCUT2D eigenvalue weighted by Gasteiger charge is 2.27. The van der Waals surface area contributed by atoms with E-state index < -0.39 is 5.97 Å². The second kappa shape index (κ2) is 11.7. The fourth-order valence-corrected chi connectivity index (χ4v) is 4.29. The maximum atomic E-state index is 13.6. The molecule has 11 heteroatoms. The van der Waals surface area contributed by atoms with Gasteiger partial charge in [0, 0.05) is 24.7 Å². The number of benzene rings is 2. The van der Waals surface area contributed by atoms with Crippen molar-refractivity contribution in [2.45, 2.75) is 45.9 Å². The van der Waals surface area contributed by atoms with Crippen LogP contribution >= 0.6 is 0 Å². The summed E-state index contributed by atoms with van der Waals surface area (Å²) >= 11 is 0. The minimum absolute atomic E-state index is 0.130. The Labute approximate surface area is 213 Å². The van der Waals surface area contributed by atoms with Crippen molar-refractivity contribution in [3.8, 4) is 5.75 Å². The van der Waals surface area contributed by atoms with Gasteiger partial charge in [-0.05, 0) is 65.1 Å². The standard InChI is InChI=1S/C26H29FN6O4/c1-4-23(25-29-30-31-33(25)16-24(34)37-5-2)32(14-17-6-9-20(27)10-7-17)15-19-12-18-8-11-21(36-3)13-22(18)28-26(19)35/h6-13,23H,4-5,14-16H2,1-3H3,(H,28,35)/t23-/m1/s1. The lowest BCUT2D eigenvalue weighted by Crippen LogP contribution is -2.33. The average molecular weight is 509 g/mol. The molecule has 0 amide bonds. The molecule has 2 aromatic heterocycles. The van der Waals surface area contributed by atoms with E-state index >= 15 is 0 Å². The SMILES string of the molecule is CCOC(=O)Cn1nnnc1[C@@H](CC)N(Cc1ccc(F)cc1)Cc1cc2ccc(OC)cc2[nH]c1=O. The summed E-state index contributed by atoms with van der Waals surface area (Å²) in [6.45, 7) is 4.48. The minimum Gasteiger partial charge on any atom is -0.497 e. The summed E-state index contributed by atoms with van der Waals surface area (Å²) in [6, 6.07) is 13.2. The Balaban J connectivity index is 1.71. The number of carbonyl (C=O) groups is 1. The molecule has 0 aliphatic rings. The van der Waals surface area contributed by atoms with Crippen molar-refractivity contribution >= 4 is 16.9 Å². The van der Waals surface area contributed by atoms with Gasteiger partial charge in [-0.3, -0.25) is 14.5 Å². The Kier molecular flexibility index (Phi) is 8.24. The number of aromatic nitrogens is 5. The van der Waals surface area contributed by atoms with Gasteiger partial charge >= 0.3 is 5.97 Å². The first-order valence-electron chi connectivity index (χ1n) is 12.0. The van der Waals surface area contributed by atoms with E-state index in [1.165, 1.54) is 16.8 Å². The molecule has 0 aliphatic heterocycles. The molecular formula is C26H29FN6O4. The van der Waals surface area contributed by atoms with Crippen LogP contribution in [-0.4, -0.2) is 49.8 Å². The molecule has 0 saturated carbocycles. The van der Waals surface area contributed by atoms with E-state index in [2.05, 4.69) is 20.5 Å². The topological polar surface area (TPSA) is 115 Å². The van der Waals surface area contributed by atoms with Crippen molar-refractivity contribution < 1.29 is 18.7 Å². The number of ether oxygens (including phenoxy) is 2. The van der Waals surface area contributed by atoms with Gasteiger partial charge < -0.3 is 14.5 Å². The van der Waals surface area contributed by atoms with Crippen molar-refractivity contribution in [3.63, 3.8) is 0 Å². The van der Waals surface area contributed by atoms with Gasteiger partial charge in [-0.1, -0.05) is 19.1 Å². The molecule has 194 valence electrons. The van der Waals surface area contributed by atoms with Crippen LogP contribution < -0.4 is 10.3 Å². The summed E-state index contributed by atoms with van der Waals surface area (Å²) in [5, 5.41) is 12.8. The molecule has 0 bridgehead atoms. The van der Waals surface area contributed by atoms with Gasteiger partial charge in [-0.25, -0.2) is 9.07 Å². The maximum absolute atomic E-state index is 13.6. The lowest BCUT2D eigenvalue weighted by molar-refractivity contribution is -0.144. The van der Waals surface area contributed by atoms with E-state index in [4.69, 9.17) is 9.47 Å². The lowest BCUT2D eigenvalue weighted by Gasteiger charge is -2.30. The first kappa shape index (κ1) is 26.0. The smallest absolute Gasteiger partial charge is 0.327 e. The van der Waals surface area contributed by atoms with Crippen molar-refractivity contribution in [3.05, 3.63) is 81.7 Å². The van der Waals surface area contributed by atoms with E-state index in [1.807, 2.05) is 30.0 Å². The number of nitrogens with one attached hydrogen (secondary N) is 1. The predicted molar refractivity (Wildman–Crippen MR) is 134 cm³/mol. The Morgan fingerprint density at radius 1 is 1.14 bits per heavy atom. The molecule has 0 saturated heterocycles. The van der Waals surface area contributed by atoms with Crippen LogP contribution in [0.4, 0.5) is 4.39 Å². The van der Waals surface area contributed by atoms with E-state index in [0.717, 1.165) is 10.9 Å². The van der Waals surface area contributed by atoms with Gasteiger partial charge in [0.1, 0.15) is 18.1 Å². The molecule has 0 radical (unpaired) electrons. The van der Waals surface area contributed by atoms with Crippen molar-refractivity contribution in [2.75, 3.05) is 13.7 Å². The number of hydrogen-bond acceptors (Lipinski definition) is 8. The van der Waals surface area contributed by atoms with Crippen LogP contribution in [0, 0.1) is 5.82 Å². The number of fused-ring (bicyclic) bond motifs is 1. The van der Waals surface area contributed by atoms with Gasteiger partial charge in [0.05, 0.1) is 25.3 Å². The average Bonchev–Trinajstić information content (AvgIpc) is 3.33. The third kappa shape index (κ3) is 6.18. The number of aromatic amines is 1. The molecule has 10 nitrogen and oxygen atoms in total. The molecular weight excluding hydrogens is 479 g/mol. The van der Waals surface area contributed by atoms with Gasteiger partial charge in [-0.2, -0.15) is 0 Å². The molecule has 0 aliphatic carbocycles. The molecule has 4 aromatic rings. The second-order valence-corrected chi connectivity index (χ2v) is 8.53. The second-order valence-electron chi connectivity index (χ2n) is 8.53. The largest absolute Gasteiger partial charge is 0.497 e. The Morgan fingerprint density at radius 2 is 1.92 bits per heavy atom. The molecule has 37 heavy (non-hydrogen) atoms. The highest BCUT2D eigenvalue weighted by atomic mass is 19.1. The summed E-state index contributed by atoms with van der Waals surface area (Å²) in [5.41, 5.74) is 1.84. The van der Waals surface area contributed by atoms with Gasteiger partial charge in [0.15, 0.2) is 5.82 Å². The minimum atomic E-state index is -0.447. The number of H-pyrrole nitrogens is 1. The Morgan fingerprint density at radius 3 is 2.62 bits per heavy atom. The van der Waals surface area contributed by atoms with E-state index in [9.17, 15) is 14.0 Å². The molecule has 2 aromatic carbocycles. The fourth-order valence-electron chi connectivity index (χ4n) is 4.29. The number of carbonyl (C=O) groups excluding carboxylic acids is 1. The number of rotatable bonds is 11. The first-order valence-corrected chi connectivity index (χ1v) is 12.0. The van der Waals surface area contributed by atoms with Crippen molar-refractivity contribution in [1.29, 1.82) is 0 Å². The van der Waals surface area contributed by atoms with E-state index in [-0.39, 0.29) is 37.1 Å². The molecule has 4 rings (SSSR count). The molecule has 0 spiro atoms. The van der Waals surface area contributed by atoms with Crippen LogP contribution in [0.2, 0.25) is 0 Å². The summed E-state index contributed by atoms with van der Waals surface area (Å²) < 4.78 is 25.3. The molecule has 1 atom stereocenters. The lowest BCUT2D eigenvalue weighted by atomic mass is 10.1. The predicted octanol–water partition coefficient (Wildman–Crippen LogP) is 3.38. The maximum Gasteiger partial charge on any atom is 0.327 e. The number of methoxy groups -OCH3 is 1. The van der Waals surface area contributed by atoms with Crippen molar-refractivity contribution in [2.24, 2.45) is 0 Å². The van der Waals surface area contributed by atoms with Crippen molar-refractivity contribution in [1.82, 2.24) is 30.1 Å². The zero-order chi connectivity index (χ0) is 26.4. The number of halogens is 1. The third-order valence-corrected chi connectivity index (χ3v) is 6.07. The van der Waals surface area contributed by atoms with Crippen LogP contribution in [0.3, 0.4) is 0 Å². The summed E-state index contributed by atoms with van der Waals surface area (Å²) in [6.07, 6.45) is 0.590. The van der Waals surface area contributed by atoms with Crippen LogP contribution in [-0.2, 0) is 29.2 Å².